The molecule has 0 aliphatic carbocycles. The lowest BCUT2D eigenvalue weighted by molar-refractivity contribution is 0.668. The predicted molar refractivity (Wildman–Crippen MR) is 230 cm³/mol. The first-order valence-corrected chi connectivity index (χ1v) is 19.0. The van der Waals surface area contributed by atoms with Crippen LogP contribution in [-0.2, 0) is 0 Å². The van der Waals surface area contributed by atoms with Crippen LogP contribution in [0.1, 0.15) is 0 Å². The van der Waals surface area contributed by atoms with E-state index in [0.29, 0.717) is 17.5 Å². The molecule has 0 saturated heterocycles. The van der Waals surface area contributed by atoms with E-state index >= 15 is 0 Å². The van der Waals surface area contributed by atoms with Crippen molar-refractivity contribution in [1.29, 1.82) is 0 Å². The highest BCUT2D eigenvalue weighted by Gasteiger charge is 2.23. The second-order valence-corrected chi connectivity index (χ2v) is 14.3. The summed E-state index contributed by atoms with van der Waals surface area (Å²) in [6.45, 7) is 0. The molecular weight excluding hydrogens is 701 g/mol. The SMILES string of the molecule is c1ccc(-c2cccc3c2c2ccccc2n3-c2ccccc2-c2nc(-c3cccc4c3oc3ccccc34)nc(-c3cccc4oc5ccccc5c34)n2)cc1. The minimum absolute atomic E-state index is 0.521. The Balaban J connectivity index is 1.16. The van der Waals surface area contributed by atoms with Crippen LogP contribution in [0.4, 0.5) is 0 Å². The molecule has 0 spiro atoms. The molecule has 57 heavy (non-hydrogen) atoms. The van der Waals surface area contributed by atoms with E-state index < -0.39 is 0 Å². The molecule has 4 aromatic heterocycles. The maximum Gasteiger partial charge on any atom is 0.167 e. The van der Waals surface area contributed by atoms with Crippen molar-refractivity contribution in [3.8, 4) is 51.0 Å². The normalized spacial score (nSPS) is 11.9. The van der Waals surface area contributed by atoms with Gasteiger partial charge in [-0.1, -0.05) is 133 Å². The van der Waals surface area contributed by atoms with E-state index in [0.717, 1.165) is 77.3 Å². The molecule has 0 saturated carbocycles. The first-order chi connectivity index (χ1) is 28.3. The summed E-state index contributed by atoms with van der Waals surface area (Å²) >= 11 is 0. The molecule has 8 aromatic carbocycles. The number of para-hydroxylation sites is 5. The van der Waals surface area contributed by atoms with Crippen LogP contribution in [-0.4, -0.2) is 19.5 Å². The van der Waals surface area contributed by atoms with Crippen molar-refractivity contribution in [2.45, 2.75) is 0 Å². The lowest BCUT2D eigenvalue weighted by atomic mass is 9.99. The van der Waals surface area contributed by atoms with Gasteiger partial charge in [0.2, 0.25) is 0 Å². The van der Waals surface area contributed by atoms with Crippen LogP contribution in [0.3, 0.4) is 0 Å². The molecule has 12 rings (SSSR count). The van der Waals surface area contributed by atoms with Gasteiger partial charge in [0.25, 0.3) is 0 Å². The summed E-state index contributed by atoms with van der Waals surface area (Å²) in [5.74, 6) is 1.62. The highest BCUT2D eigenvalue weighted by molar-refractivity contribution is 6.16. The third-order valence-electron chi connectivity index (χ3n) is 11.1. The Labute approximate surface area is 325 Å². The van der Waals surface area contributed by atoms with Gasteiger partial charge >= 0.3 is 0 Å². The topological polar surface area (TPSA) is 69.9 Å². The minimum Gasteiger partial charge on any atom is -0.456 e. The molecular formula is C51H30N4O2. The first kappa shape index (κ1) is 31.5. The minimum atomic E-state index is 0.521. The van der Waals surface area contributed by atoms with Crippen molar-refractivity contribution in [2.24, 2.45) is 0 Å². The van der Waals surface area contributed by atoms with E-state index in [1.165, 1.54) is 21.9 Å². The van der Waals surface area contributed by atoms with Gasteiger partial charge in [-0.15, -0.1) is 0 Å². The largest absolute Gasteiger partial charge is 0.456 e. The molecule has 266 valence electrons. The molecule has 0 atom stereocenters. The number of nitrogens with zero attached hydrogens (tertiary/aromatic N) is 4. The van der Waals surface area contributed by atoms with Gasteiger partial charge in [-0.25, -0.2) is 15.0 Å². The zero-order valence-corrected chi connectivity index (χ0v) is 30.4. The van der Waals surface area contributed by atoms with Gasteiger partial charge in [-0.3, -0.25) is 0 Å². The van der Waals surface area contributed by atoms with E-state index in [2.05, 4.69) is 126 Å². The standard InChI is InChI=1S/C51H30N4O2/c1-2-15-31(16-3-1)32-21-13-27-42-46(32)35-18-4-8-25-40(35)55(42)41-26-9-5-19-36(41)49-52-50(38-23-14-30-45-47(38)37-20-7-11-29-44(37)56-45)54-51(53-49)39-24-12-22-34-33-17-6-10-28-43(33)57-48(34)39/h1-30H. The Morgan fingerprint density at radius 3 is 1.74 bits per heavy atom. The molecule has 0 amide bonds. The summed E-state index contributed by atoms with van der Waals surface area (Å²) in [5.41, 5.74) is 11.2. The van der Waals surface area contributed by atoms with E-state index in [1.54, 1.807) is 0 Å². The lowest BCUT2D eigenvalue weighted by Crippen LogP contribution is -2.04. The molecule has 12 aromatic rings. The summed E-state index contributed by atoms with van der Waals surface area (Å²) in [7, 11) is 0. The average molecular weight is 731 g/mol. The third kappa shape index (κ3) is 4.81. The fourth-order valence-corrected chi connectivity index (χ4v) is 8.62. The van der Waals surface area contributed by atoms with Gasteiger partial charge in [0.15, 0.2) is 17.5 Å². The first-order valence-electron chi connectivity index (χ1n) is 19.0. The summed E-state index contributed by atoms with van der Waals surface area (Å²) in [6.07, 6.45) is 0. The van der Waals surface area contributed by atoms with Crippen molar-refractivity contribution >= 4 is 65.7 Å². The van der Waals surface area contributed by atoms with Gasteiger partial charge in [-0.2, -0.15) is 0 Å². The smallest absolute Gasteiger partial charge is 0.167 e. The quantitative estimate of drug-likeness (QED) is 0.176. The van der Waals surface area contributed by atoms with Crippen molar-refractivity contribution in [1.82, 2.24) is 19.5 Å². The number of furan rings is 2. The van der Waals surface area contributed by atoms with Crippen LogP contribution < -0.4 is 0 Å². The molecule has 0 radical (unpaired) electrons. The number of hydrogen-bond acceptors (Lipinski definition) is 5. The Hall–Kier alpha value is -7.83. The zero-order valence-electron chi connectivity index (χ0n) is 30.4. The van der Waals surface area contributed by atoms with Gasteiger partial charge in [0.1, 0.15) is 22.3 Å². The average Bonchev–Trinajstić information content (AvgIpc) is 3.96. The van der Waals surface area contributed by atoms with Crippen LogP contribution in [0.2, 0.25) is 0 Å². The van der Waals surface area contributed by atoms with Crippen LogP contribution in [0.5, 0.6) is 0 Å². The summed E-state index contributed by atoms with van der Waals surface area (Å²) in [6, 6.07) is 62.6. The van der Waals surface area contributed by atoms with Crippen molar-refractivity contribution in [2.75, 3.05) is 0 Å². The molecule has 6 heteroatoms. The van der Waals surface area contributed by atoms with Gasteiger partial charge in [0.05, 0.1) is 22.3 Å². The maximum atomic E-state index is 6.55. The van der Waals surface area contributed by atoms with Gasteiger partial charge < -0.3 is 13.4 Å². The molecule has 0 N–H and O–H groups in total. The number of benzene rings is 8. The highest BCUT2D eigenvalue weighted by atomic mass is 16.3. The second-order valence-electron chi connectivity index (χ2n) is 14.3. The molecule has 0 bridgehead atoms. The molecule has 0 aliphatic heterocycles. The van der Waals surface area contributed by atoms with Crippen LogP contribution in [0.25, 0.3) is 117 Å². The molecule has 0 aliphatic rings. The van der Waals surface area contributed by atoms with Crippen molar-refractivity contribution < 1.29 is 8.83 Å². The van der Waals surface area contributed by atoms with E-state index in [-0.39, 0.29) is 0 Å². The number of rotatable bonds is 5. The summed E-state index contributed by atoms with van der Waals surface area (Å²) < 4.78 is 15.2. The molecule has 0 fully saturated rings. The van der Waals surface area contributed by atoms with Crippen LogP contribution in [0, 0.1) is 0 Å². The highest BCUT2D eigenvalue weighted by Crippen LogP contribution is 2.42. The number of hydrogen-bond donors (Lipinski definition) is 0. The van der Waals surface area contributed by atoms with E-state index in [4.69, 9.17) is 23.8 Å². The Morgan fingerprint density at radius 1 is 0.333 bits per heavy atom. The lowest BCUT2D eigenvalue weighted by Gasteiger charge is -2.15. The van der Waals surface area contributed by atoms with Crippen LogP contribution in [0.15, 0.2) is 191 Å². The number of aromatic nitrogens is 4. The summed E-state index contributed by atoms with van der Waals surface area (Å²) in [5, 5.41) is 6.39. The monoisotopic (exact) mass is 730 g/mol. The fourth-order valence-electron chi connectivity index (χ4n) is 8.62. The third-order valence-corrected chi connectivity index (χ3v) is 11.1. The van der Waals surface area contributed by atoms with E-state index in [9.17, 15) is 0 Å². The zero-order chi connectivity index (χ0) is 37.5. The van der Waals surface area contributed by atoms with Crippen molar-refractivity contribution in [3.63, 3.8) is 0 Å². The Morgan fingerprint density at radius 2 is 0.877 bits per heavy atom. The van der Waals surface area contributed by atoms with E-state index in [1.807, 2.05) is 60.7 Å². The second kappa shape index (κ2) is 12.3. The molecule has 0 unspecified atom stereocenters. The molecule has 4 heterocycles. The van der Waals surface area contributed by atoms with Gasteiger partial charge in [-0.05, 0) is 59.7 Å². The Kier molecular flexibility index (Phi) is 6.83. The van der Waals surface area contributed by atoms with Crippen LogP contribution >= 0.6 is 0 Å². The number of fused-ring (bicyclic) bond motifs is 9. The molecule has 6 nitrogen and oxygen atoms in total. The van der Waals surface area contributed by atoms with Gasteiger partial charge in [0, 0.05) is 43.4 Å². The summed E-state index contributed by atoms with van der Waals surface area (Å²) in [4.78, 5) is 15.9. The fraction of sp³-hybridized carbons (Fsp3) is 0. The maximum absolute atomic E-state index is 6.55. The van der Waals surface area contributed by atoms with Crippen molar-refractivity contribution in [3.05, 3.63) is 182 Å². The predicted octanol–water partition coefficient (Wildman–Crippen LogP) is 13.4. The Bertz CT molecular complexity index is 3540.